The molecule has 1 N–H and O–H groups in total. The van der Waals surface area contributed by atoms with Crippen molar-refractivity contribution >= 4 is 22.4 Å². The number of nitrogens with zero attached hydrogens (tertiary/aromatic N) is 2. The van der Waals surface area contributed by atoms with E-state index in [1.807, 2.05) is 48.7 Å². The quantitative estimate of drug-likeness (QED) is 0.561. The van der Waals surface area contributed by atoms with Crippen molar-refractivity contribution in [2.75, 3.05) is 19.2 Å². The highest BCUT2D eigenvalue weighted by Gasteiger charge is 2.15. The van der Waals surface area contributed by atoms with E-state index < -0.39 is 0 Å². The predicted octanol–water partition coefficient (Wildman–Crippen LogP) is 4.72. The lowest BCUT2D eigenvalue weighted by Gasteiger charge is -2.08. The molecular weight excluding hydrogens is 354 g/mol. The van der Waals surface area contributed by atoms with Crippen molar-refractivity contribution in [3.63, 3.8) is 0 Å². The Morgan fingerprint density at radius 1 is 1.04 bits per heavy atom. The molecule has 140 valence electrons. The van der Waals surface area contributed by atoms with E-state index in [0.29, 0.717) is 0 Å². The summed E-state index contributed by atoms with van der Waals surface area (Å²) in [6.45, 7) is 0.259. The molecule has 2 aromatic carbocycles. The van der Waals surface area contributed by atoms with Crippen LogP contribution in [0.1, 0.15) is 0 Å². The number of benzene rings is 2. The van der Waals surface area contributed by atoms with Gasteiger partial charge in [-0.25, -0.2) is 4.98 Å². The summed E-state index contributed by atoms with van der Waals surface area (Å²) >= 11 is 0. The first-order valence-corrected chi connectivity index (χ1v) is 8.98. The lowest BCUT2D eigenvalue weighted by atomic mass is 10.1. The van der Waals surface area contributed by atoms with Crippen molar-refractivity contribution in [1.82, 2.24) is 9.55 Å². The number of nitrogens with one attached hydrogen (secondary N) is 1. The van der Waals surface area contributed by atoms with E-state index in [1.54, 1.807) is 7.11 Å². The topological polar surface area (TPSA) is 57.5 Å². The molecule has 0 atom stereocenters. The second kappa shape index (κ2) is 6.49. The number of ether oxygens (including phenoxy) is 3. The molecule has 0 saturated heterocycles. The summed E-state index contributed by atoms with van der Waals surface area (Å²) in [4.78, 5) is 4.56. The number of aromatic nitrogens is 2. The van der Waals surface area contributed by atoms with Gasteiger partial charge in [-0.05, 0) is 36.4 Å². The van der Waals surface area contributed by atoms with Crippen LogP contribution >= 0.6 is 0 Å². The second-order valence-electron chi connectivity index (χ2n) is 6.61. The van der Waals surface area contributed by atoms with Crippen LogP contribution in [0, 0.1) is 0 Å². The predicted molar refractivity (Wildman–Crippen MR) is 109 cm³/mol. The van der Waals surface area contributed by atoms with Gasteiger partial charge in [-0.3, -0.25) is 0 Å². The lowest BCUT2D eigenvalue weighted by molar-refractivity contribution is 0.174. The zero-order chi connectivity index (χ0) is 19.1. The smallest absolute Gasteiger partial charge is 0.231 e. The molecule has 0 unspecified atom stereocenters. The average Bonchev–Trinajstić information content (AvgIpc) is 3.33. The summed E-state index contributed by atoms with van der Waals surface area (Å²) in [5, 5.41) is 4.45. The van der Waals surface area contributed by atoms with Gasteiger partial charge in [-0.2, -0.15) is 0 Å². The Balaban J connectivity index is 1.57. The van der Waals surface area contributed by atoms with E-state index in [1.165, 1.54) is 0 Å². The van der Waals surface area contributed by atoms with Gasteiger partial charge in [0, 0.05) is 41.6 Å². The Morgan fingerprint density at radius 2 is 1.93 bits per heavy atom. The molecule has 2 aromatic heterocycles. The molecule has 0 radical (unpaired) electrons. The highest BCUT2D eigenvalue weighted by molar-refractivity contribution is 5.96. The summed E-state index contributed by atoms with van der Waals surface area (Å²) in [5.41, 5.74) is 4.18. The van der Waals surface area contributed by atoms with E-state index in [-0.39, 0.29) is 6.79 Å². The molecule has 6 heteroatoms. The molecule has 1 aliphatic heterocycles. The van der Waals surface area contributed by atoms with Gasteiger partial charge in [0.2, 0.25) is 6.79 Å². The van der Waals surface area contributed by atoms with Crippen LogP contribution in [-0.4, -0.2) is 23.5 Å². The van der Waals surface area contributed by atoms with Crippen molar-refractivity contribution in [2.45, 2.75) is 0 Å². The number of hydrogen-bond acceptors (Lipinski definition) is 5. The van der Waals surface area contributed by atoms with Gasteiger partial charge in [-0.1, -0.05) is 12.1 Å². The molecule has 0 spiro atoms. The summed E-state index contributed by atoms with van der Waals surface area (Å²) in [7, 11) is 3.74. The van der Waals surface area contributed by atoms with Gasteiger partial charge < -0.3 is 24.1 Å². The van der Waals surface area contributed by atoms with Gasteiger partial charge in [-0.15, -0.1) is 0 Å². The van der Waals surface area contributed by atoms with Crippen molar-refractivity contribution in [3.05, 3.63) is 60.8 Å². The van der Waals surface area contributed by atoms with Crippen molar-refractivity contribution < 1.29 is 14.2 Å². The van der Waals surface area contributed by atoms with Crippen molar-refractivity contribution in [3.8, 4) is 28.5 Å². The number of aryl methyl sites for hydroxylation is 1. The Bertz CT molecular complexity index is 1180. The van der Waals surface area contributed by atoms with E-state index in [4.69, 9.17) is 14.2 Å². The number of rotatable bonds is 4. The third kappa shape index (κ3) is 2.70. The molecule has 0 aliphatic carbocycles. The SMILES string of the molecule is COc1cccc(-c2cc3c(Nc4ccc5c(c4)OCO5)nccc3n2C)c1. The zero-order valence-corrected chi connectivity index (χ0v) is 15.6. The Kier molecular flexibility index (Phi) is 3.83. The van der Waals surface area contributed by atoms with Crippen LogP contribution in [0.15, 0.2) is 60.8 Å². The zero-order valence-electron chi connectivity index (χ0n) is 15.6. The molecular formula is C22H19N3O3. The average molecular weight is 373 g/mol. The first kappa shape index (κ1) is 16.5. The highest BCUT2D eigenvalue weighted by Crippen LogP contribution is 2.37. The monoisotopic (exact) mass is 373 g/mol. The highest BCUT2D eigenvalue weighted by atomic mass is 16.7. The molecule has 4 aromatic rings. The molecule has 0 fully saturated rings. The van der Waals surface area contributed by atoms with Gasteiger partial charge >= 0.3 is 0 Å². The largest absolute Gasteiger partial charge is 0.497 e. The molecule has 28 heavy (non-hydrogen) atoms. The van der Waals surface area contributed by atoms with Crippen LogP contribution in [0.2, 0.25) is 0 Å². The minimum absolute atomic E-state index is 0.259. The van der Waals surface area contributed by atoms with Gasteiger partial charge in [0.15, 0.2) is 11.5 Å². The van der Waals surface area contributed by atoms with Gasteiger partial charge in [0.1, 0.15) is 11.6 Å². The number of anilines is 2. The number of hydrogen-bond donors (Lipinski definition) is 1. The third-order valence-electron chi connectivity index (χ3n) is 4.97. The maximum Gasteiger partial charge on any atom is 0.231 e. The van der Waals surface area contributed by atoms with E-state index in [0.717, 1.165) is 50.9 Å². The van der Waals surface area contributed by atoms with Crippen LogP contribution in [0.4, 0.5) is 11.5 Å². The molecule has 3 heterocycles. The Labute approximate surface area is 162 Å². The van der Waals surface area contributed by atoms with Crippen LogP contribution in [0.25, 0.3) is 22.2 Å². The third-order valence-corrected chi connectivity index (χ3v) is 4.97. The summed E-state index contributed by atoms with van der Waals surface area (Å²) in [5.74, 6) is 3.12. The Hall–Kier alpha value is -3.67. The van der Waals surface area contributed by atoms with Crippen LogP contribution < -0.4 is 19.5 Å². The first-order valence-electron chi connectivity index (χ1n) is 8.98. The lowest BCUT2D eigenvalue weighted by Crippen LogP contribution is -1.95. The first-order chi connectivity index (χ1) is 13.7. The molecule has 0 saturated carbocycles. The second-order valence-corrected chi connectivity index (χ2v) is 6.61. The Morgan fingerprint density at radius 3 is 2.82 bits per heavy atom. The van der Waals surface area contributed by atoms with Crippen molar-refractivity contribution in [1.29, 1.82) is 0 Å². The molecule has 0 bridgehead atoms. The van der Waals surface area contributed by atoms with Gasteiger partial charge in [0.25, 0.3) is 0 Å². The summed E-state index contributed by atoms with van der Waals surface area (Å²) < 4.78 is 18.4. The van der Waals surface area contributed by atoms with Crippen LogP contribution in [0.3, 0.4) is 0 Å². The van der Waals surface area contributed by atoms with E-state index >= 15 is 0 Å². The molecule has 1 aliphatic rings. The van der Waals surface area contributed by atoms with Gasteiger partial charge in [0.05, 0.1) is 12.6 Å². The molecule has 6 nitrogen and oxygen atoms in total. The van der Waals surface area contributed by atoms with E-state index in [2.05, 4.69) is 34.0 Å². The fourth-order valence-corrected chi connectivity index (χ4v) is 3.53. The van der Waals surface area contributed by atoms with E-state index in [9.17, 15) is 0 Å². The minimum atomic E-state index is 0.259. The summed E-state index contributed by atoms with van der Waals surface area (Å²) in [6.07, 6.45) is 1.81. The number of pyridine rings is 1. The minimum Gasteiger partial charge on any atom is -0.497 e. The van der Waals surface area contributed by atoms with Crippen LogP contribution in [-0.2, 0) is 7.05 Å². The maximum absolute atomic E-state index is 5.47. The molecule has 0 amide bonds. The molecule has 5 rings (SSSR count). The van der Waals surface area contributed by atoms with Crippen LogP contribution in [0.5, 0.6) is 17.2 Å². The fourth-order valence-electron chi connectivity index (χ4n) is 3.53. The summed E-state index contributed by atoms with van der Waals surface area (Å²) in [6, 6.07) is 18.0. The number of fused-ring (bicyclic) bond motifs is 2. The fraction of sp³-hybridized carbons (Fsp3) is 0.136. The maximum atomic E-state index is 5.47. The normalized spacial score (nSPS) is 12.4. The van der Waals surface area contributed by atoms with Crippen molar-refractivity contribution in [2.24, 2.45) is 7.05 Å². The number of methoxy groups -OCH3 is 1. The standard InChI is InChI=1S/C22H19N3O3/c1-25-18-8-9-23-22(24-15-6-7-20-21(11-15)28-13-27-20)17(18)12-19(25)14-4-3-5-16(10-14)26-2/h3-12H,13H2,1-2H3,(H,23,24).